The van der Waals surface area contributed by atoms with E-state index < -0.39 is 161 Å². The smallest absolute Gasteiger partial charge is 0.255 e. The number of halogens is 1. The molecule has 0 heterocycles. The number of primary amides is 2. The highest BCUT2D eigenvalue weighted by Gasteiger charge is 2.66. The van der Waals surface area contributed by atoms with Crippen LogP contribution in [-0.2, 0) is 54.5 Å². The van der Waals surface area contributed by atoms with Crippen molar-refractivity contribution in [1.82, 2.24) is 9.80 Å². The zero-order valence-corrected chi connectivity index (χ0v) is 66.4. The molecule has 2 amide bonds. The van der Waals surface area contributed by atoms with E-state index in [4.69, 9.17) is 111 Å². The van der Waals surface area contributed by atoms with Crippen LogP contribution in [0.3, 0.4) is 0 Å². The molecule has 8 aliphatic carbocycles. The summed E-state index contributed by atoms with van der Waals surface area (Å²) in [6.07, 6.45) is 15.7. The van der Waals surface area contributed by atoms with Crippen molar-refractivity contribution in [2.75, 3.05) is 28.2 Å². The molecule has 0 aromatic heterocycles. The fraction of sp³-hybridized carbons (Fsp3) is 0.392. The van der Waals surface area contributed by atoms with Gasteiger partial charge in [-0.05, 0) is 251 Å². The maximum absolute atomic E-state index is 14.0. The van der Waals surface area contributed by atoms with E-state index in [1.165, 1.54) is 41.7 Å². The van der Waals surface area contributed by atoms with E-state index in [2.05, 4.69) is 94.7 Å². The molecule has 2 aromatic rings. The van der Waals surface area contributed by atoms with E-state index >= 15 is 0 Å². The Morgan fingerprint density at radius 2 is 0.956 bits per heavy atom. The van der Waals surface area contributed by atoms with Crippen LogP contribution in [0, 0.1) is 51.4 Å². The molecule has 2 saturated carbocycles. The summed E-state index contributed by atoms with van der Waals surface area (Å²) in [4.78, 5) is 81.1. The third-order valence-electron chi connectivity index (χ3n) is 20.9. The first-order valence-corrected chi connectivity index (χ1v) is 37.4. The molecule has 10 rings (SSSR count). The lowest BCUT2D eigenvalue weighted by atomic mass is 8.56. The van der Waals surface area contributed by atoms with E-state index in [-0.39, 0.29) is 66.8 Å². The second kappa shape index (κ2) is 43.9. The van der Waals surface area contributed by atoms with Gasteiger partial charge in [0.2, 0.25) is 11.6 Å². The Morgan fingerprint density at radius 3 is 1.25 bits per heavy atom. The van der Waals surface area contributed by atoms with Crippen LogP contribution in [0.5, 0.6) is 11.5 Å². The number of nitrogens with zero attached hydrogens (tertiary/aromatic N) is 2. The van der Waals surface area contributed by atoms with Crippen LogP contribution in [0.1, 0.15) is 124 Å². The number of carbonyl (C=O) groups is 6. The number of terminal acetylenes is 1. The van der Waals surface area contributed by atoms with Gasteiger partial charge in [-0.1, -0.05) is 62.6 Å². The number of Topliss-reactive ketones (excluding diaryl/α,β-unsaturated/α-hetero) is 4. The van der Waals surface area contributed by atoms with Crippen molar-refractivity contribution in [2.45, 2.75) is 134 Å². The molecule has 25 radical (unpaired) electrons. The highest BCUT2D eigenvalue weighted by atomic mass is 127. The number of likely N-dealkylation sites (N-methyl/N-ethyl adjacent to an activating group) is 2. The first-order chi connectivity index (χ1) is 53.1. The summed E-state index contributed by atoms with van der Waals surface area (Å²) in [7, 11) is 71.6. The number of aromatic hydroxyl groups is 2. The number of hydrogen-bond donors (Lipinski definition) is 10. The van der Waals surface area contributed by atoms with Crippen molar-refractivity contribution in [3.8, 4) is 35.7 Å². The predicted molar refractivity (Wildman–Crippen MR) is 479 cm³/mol. The highest BCUT2D eigenvalue weighted by Crippen LogP contribution is 2.56. The number of benzene rings is 2. The number of aliphatic hydroxyl groups excluding tert-OH is 4. The molecule has 40 heteroatoms. The average Bonchev–Trinajstić information content (AvgIpc) is 0.704. The van der Waals surface area contributed by atoms with Crippen molar-refractivity contribution < 1.29 is 69.6 Å². The molecule has 547 valence electrons. The topological polar surface area (TPSA) is 323 Å². The number of carbonyl (C=O) groups excluding carboxylic acids is 6. The molecule has 0 saturated heterocycles. The van der Waals surface area contributed by atoms with Crippen LogP contribution in [0.15, 0.2) is 134 Å². The lowest BCUT2D eigenvalue weighted by Gasteiger charge is -2.50. The number of rotatable bonds is 13. The SMILES string of the molecule is C.C#CC1=CCCCC1.C=C=C=C=C=C=C=C=C=C=C.CCc1cc(C#CC2=CCCCC2)c(O)c2c1C[C@H]1C[C@H]3[C@H](N(C)C)C(=O)C(C(N)=O)=C(O)[C@@]3(O)C(=O)C1=C2O.CCc1cc(I)c(O)c2c1C[C@H]1C[C@H]3[C@H](N(C)C)C(=O)C(C(N)=O)=C(O)[C@@]3(O)C(=O)C1=C2O.[B]B([B])B(B([B])[B])B([B])[B].[B][B]B([B])B(B([B])[B])B([B])[B]. The normalized spacial score (nSPS) is 21.5. The zero-order valence-electron chi connectivity index (χ0n) is 64.2. The Bertz CT molecular complexity index is 4690. The van der Waals surface area contributed by atoms with Crippen molar-refractivity contribution in [3.05, 3.63) is 176 Å². The second-order valence-electron chi connectivity index (χ2n) is 28.5. The number of phenolic OH excluding ortho intramolecular Hbond substituents is 2. The quantitative estimate of drug-likeness (QED) is 0.0429. The number of phenols is 2. The molecule has 0 unspecified atom stereocenters. The van der Waals surface area contributed by atoms with E-state index in [9.17, 15) is 69.6 Å². The van der Waals surface area contributed by atoms with Gasteiger partial charge < -0.3 is 52.3 Å². The van der Waals surface area contributed by atoms with E-state index in [0.717, 1.165) is 48.8 Å². The van der Waals surface area contributed by atoms with Gasteiger partial charge in [0.15, 0.2) is 22.8 Å². The number of fused-ring (bicyclic) bond motifs is 6. The zero-order chi connectivity index (χ0) is 85.2. The molecule has 18 nitrogen and oxygen atoms in total. The number of ketones is 4. The molecule has 8 atom stereocenters. The van der Waals surface area contributed by atoms with Gasteiger partial charge in [-0.2, -0.15) is 0 Å². The minimum Gasteiger partial charge on any atom is -0.508 e. The number of hydrogen-bond acceptors (Lipinski definition) is 16. The number of allylic oxidation sites excluding steroid dienone is 4. The number of aryl methyl sites for hydroxylation is 2. The third-order valence-corrected chi connectivity index (χ3v) is 21.7. The van der Waals surface area contributed by atoms with Gasteiger partial charge in [-0.3, -0.25) is 38.6 Å². The number of amides is 2. The van der Waals surface area contributed by atoms with Crippen LogP contribution >= 0.6 is 22.6 Å². The molecular formula is C74H77B21IN4O14. The van der Waals surface area contributed by atoms with E-state index in [1.54, 1.807) is 28.2 Å². The fourth-order valence-corrected chi connectivity index (χ4v) is 16.1. The number of nitrogens with two attached hydrogens (primary N) is 2. The van der Waals surface area contributed by atoms with Crippen molar-refractivity contribution in [2.24, 2.45) is 35.1 Å². The van der Waals surface area contributed by atoms with Gasteiger partial charge >= 0.3 is 0 Å². The minimum absolute atomic E-state index is 0. The van der Waals surface area contributed by atoms with Crippen molar-refractivity contribution in [1.29, 1.82) is 0 Å². The monoisotopic (exact) mass is 1600 g/mol. The van der Waals surface area contributed by atoms with Crippen molar-refractivity contribution >= 4 is 220 Å². The minimum atomic E-state index is -2.65. The Morgan fingerprint density at radius 1 is 0.588 bits per heavy atom. The second-order valence-corrected chi connectivity index (χ2v) is 29.7. The Kier molecular flexibility index (Phi) is 37.9. The van der Waals surface area contributed by atoms with Crippen LogP contribution in [0.4, 0.5) is 0 Å². The third kappa shape index (κ3) is 21.8. The first-order valence-electron chi connectivity index (χ1n) is 36.3. The maximum Gasteiger partial charge on any atom is 0.255 e. The Balaban J connectivity index is 0.000000326. The summed E-state index contributed by atoms with van der Waals surface area (Å²) < 4.78 is 0.503. The summed E-state index contributed by atoms with van der Waals surface area (Å²) in [5.74, 6) is -4.13. The van der Waals surface area contributed by atoms with E-state index in [1.807, 2.05) is 48.6 Å². The molecule has 2 fully saturated rings. The van der Waals surface area contributed by atoms with E-state index in [0.29, 0.717) is 39.5 Å². The first kappa shape index (κ1) is 98.5. The van der Waals surface area contributed by atoms with Crippen LogP contribution < -0.4 is 11.5 Å². The van der Waals surface area contributed by atoms with Gasteiger partial charge in [-0.15, -0.1) is 6.42 Å². The Labute approximate surface area is 704 Å². The fourth-order valence-electron chi connectivity index (χ4n) is 15.4. The molecule has 8 aliphatic rings. The summed E-state index contributed by atoms with van der Waals surface area (Å²) >= 11 is 1.94. The molecule has 2 aromatic carbocycles. The average molecular weight is 1600 g/mol. The molecule has 0 spiro atoms. The summed E-state index contributed by atoms with van der Waals surface area (Å²) in [6.45, 7) is 10.4. The largest absolute Gasteiger partial charge is 0.508 e. The lowest BCUT2D eigenvalue weighted by molar-refractivity contribution is -0.155. The maximum atomic E-state index is 14.0. The Hall–Kier alpha value is -7.89. The molecule has 0 aliphatic heterocycles. The summed E-state index contributed by atoms with van der Waals surface area (Å²) in [5, 5.41) is 89.7. The van der Waals surface area contributed by atoms with Gasteiger partial charge in [0.25, 0.3) is 11.8 Å². The van der Waals surface area contributed by atoms with Gasteiger partial charge in [0.05, 0.1) is 32.3 Å². The number of aliphatic hydroxyl groups is 6. The van der Waals surface area contributed by atoms with Crippen LogP contribution in [0.25, 0.3) is 11.5 Å². The van der Waals surface area contributed by atoms with Gasteiger partial charge in [0.1, 0.15) is 45.7 Å². The molecule has 114 heavy (non-hydrogen) atoms. The molecule has 0 bridgehead atoms. The van der Waals surface area contributed by atoms with Gasteiger partial charge in [0, 0.05) is 174 Å². The van der Waals surface area contributed by atoms with Crippen LogP contribution in [-0.4, -0.2) is 288 Å². The lowest BCUT2D eigenvalue weighted by Crippen LogP contribution is -2.65. The van der Waals surface area contributed by atoms with Crippen molar-refractivity contribution in [3.63, 3.8) is 0 Å². The predicted octanol–water partition coefficient (Wildman–Crippen LogP) is 0.467. The summed E-state index contributed by atoms with van der Waals surface area (Å²) in [5.41, 5.74) is 31.3. The summed E-state index contributed by atoms with van der Waals surface area (Å²) in [6, 6.07) is 1.44. The molecular weight excluding hydrogens is 1520 g/mol. The molecule has 12 N–H and O–H groups in total. The highest BCUT2D eigenvalue weighted by molar-refractivity contribution is 14.1. The van der Waals surface area contributed by atoms with Crippen LogP contribution in [0.2, 0.25) is 0 Å². The standard InChI is InChI=1S/C31H34N2O7.C23H25IN2O7.C11H4.C8H10.CH4.B11.B10/c1-4-16-12-17(11-10-15-8-6-5-7-9-15)25(34)22-19(16)13-18-14-20-24(33(2)3)27(36)23(30(32)39)29(38)31(20,40)28(37)21(18)26(22)35;1-4-8-7-12(24)17(27)14-10(8)5-9-6-11-16(26(2)3)19(29)15(22(25)32)21(31)23(11,33)20(30)13(9)18(14)28;1-3-5-7-9-11-10-8-6-4-2;1-2-8-6-4-3-5-7-8;;1-7-10(6)11(8(2)3)9(4)5;1-7(2)10(8(3)4)9(5)6/h8,12,18,20,24,34-35,38,40H,4-7,9,13-14H2,1-3H3,(H2,32,39);7,9,11,16,27-28,31,33H,4-6H2,1-3H3,(H2,25,32);1-2H2;1,6H,3-5,7H2;1H4;;/t18-,20-,24-,31-;9-,11-,16-,23-;;;;;/m00...../s1. The van der Waals surface area contributed by atoms with Gasteiger partial charge in [-0.25, -0.2) is 0 Å².